The van der Waals surface area contributed by atoms with Gasteiger partial charge in [-0.05, 0) is 48.4 Å². The van der Waals surface area contributed by atoms with E-state index in [-0.39, 0.29) is 5.92 Å². The summed E-state index contributed by atoms with van der Waals surface area (Å²) in [7, 11) is 1.64. The molecule has 8 heteroatoms. The maximum Gasteiger partial charge on any atom is 0.145 e. The number of hydrogen-bond donors (Lipinski definition) is 0. The number of methoxy groups -OCH3 is 1. The molecule has 0 spiro atoms. The summed E-state index contributed by atoms with van der Waals surface area (Å²) in [5.41, 5.74) is 6.51. The lowest BCUT2D eigenvalue weighted by Crippen LogP contribution is -2.26. The van der Waals surface area contributed by atoms with Crippen LogP contribution in [0.4, 0.5) is 5.82 Å². The summed E-state index contributed by atoms with van der Waals surface area (Å²) in [6.07, 6.45) is 7.67. The lowest BCUT2D eigenvalue weighted by atomic mass is 9.95. The van der Waals surface area contributed by atoms with E-state index in [0.29, 0.717) is 22.5 Å². The molecule has 0 saturated heterocycles. The highest BCUT2D eigenvalue weighted by atomic mass is 35.5. The van der Waals surface area contributed by atoms with Crippen molar-refractivity contribution in [2.45, 2.75) is 18.6 Å². The van der Waals surface area contributed by atoms with Crippen molar-refractivity contribution in [2.75, 3.05) is 24.3 Å². The van der Waals surface area contributed by atoms with Gasteiger partial charge in [0, 0.05) is 47.1 Å². The zero-order chi connectivity index (χ0) is 22.9. The fourth-order valence-electron chi connectivity index (χ4n) is 4.25. The van der Waals surface area contributed by atoms with Crippen LogP contribution in [-0.2, 0) is 5.75 Å². The molecule has 168 valence electrons. The standard InChI is InChI=1S/C25H22Cl2N4OS/c1-15-9-16(19-10-24(27)29-12-23(19)32-2)7-8-31(15)25-6-4-18-20(13-33-14-22(18)30-25)21-5-3-17(26)11-28-21/h3-7,9-12,20H,8,13-14H2,1-2H3. The Balaban J connectivity index is 1.42. The van der Waals surface area contributed by atoms with Crippen LogP contribution in [0.5, 0.6) is 5.75 Å². The summed E-state index contributed by atoms with van der Waals surface area (Å²) in [6, 6.07) is 10.1. The Morgan fingerprint density at radius 2 is 2.00 bits per heavy atom. The highest BCUT2D eigenvalue weighted by molar-refractivity contribution is 7.98. The van der Waals surface area contributed by atoms with E-state index in [0.717, 1.165) is 45.5 Å². The van der Waals surface area contributed by atoms with Gasteiger partial charge in [0.05, 0.1) is 24.0 Å². The SMILES string of the molecule is COc1cnc(Cl)cc1C1=CCN(c2ccc3c(n2)CSCC3c2ccc(Cl)cn2)C(C)=C1. The molecule has 5 heterocycles. The molecular formula is C25H22Cl2N4OS. The van der Waals surface area contributed by atoms with Gasteiger partial charge < -0.3 is 9.64 Å². The highest BCUT2D eigenvalue weighted by Crippen LogP contribution is 2.38. The zero-order valence-corrected chi connectivity index (χ0v) is 20.6. The quantitative estimate of drug-likeness (QED) is 0.391. The van der Waals surface area contributed by atoms with E-state index in [1.165, 1.54) is 5.56 Å². The van der Waals surface area contributed by atoms with Gasteiger partial charge in [-0.25, -0.2) is 9.97 Å². The number of fused-ring (bicyclic) bond motifs is 1. The number of aromatic nitrogens is 3. The normalized spacial score (nSPS) is 17.8. The minimum Gasteiger partial charge on any atom is -0.494 e. The van der Waals surface area contributed by atoms with Crippen molar-refractivity contribution in [1.82, 2.24) is 15.0 Å². The number of anilines is 1. The molecule has 1 unspecified atom stereocenters. The first-order valence-electron chi connectivity index (χ1n) is 10.6. The van der Waals surface area contributed by atoms with Gasteiger partial charge >= 0.3 is 0 Å². The smallest absolute Gasteiger partial charge is 0.145 e. The molecule has 0 radical (unpaired) electrons. The van der Waals surface area contributed by atoms with E-state index in [1.807, 2.05) is 30.0 Å². The van der Waals surface area contributed by atoms with E-state index in [9.17, 15) is 0 Å². The second kappa shape index (κ2) is 9.37. The number of rotatable bonds is 4. The lowest BCUT2D eigenvalue weighted by Gasteiger charge is -2.30. The van der Waals surface area contributed by atoms with Crippen molar-refractivity contribution >= 4 is 46.4 Å². The molecule has 0 aromatic carbocycles. The van der Waals surface area contributed by atoms with Crippen LogP contribution in [0.1, 0.15) is 35.4 Å². The van der Waals surface area contributed by atoms with E-state index >= 15 is 0 Å². The fraction of sp³-hybridized carbons (Fsp3) is 0.240. The van der Waals surface area contributed by atoms with E-state index in [4.69, 9.17) is 32.9 Å². The number of halogens is 2. The van der Waals surface area contributed by atoms with Crippen LogP contribution in [0.25, 0.3) is 5.57 Å². The van der Waals surface area contributed by atoms with Crippen molar-refractivity contribution in [1.29, 1.82) is 0 Å². The van der Waals surface area contributed by atoms with Crippen LogP contribution >= 0.6 is 35.0 Å². The molecule has 3 aromatic heterocycles. The van der Waals surface area contributed by atoms with E-state index in [1.54, 1.807) is 19.5 Å². The summed E-state index contributed by atoms with van der Waals surface area (Å²) >= 11 is 14.1. The van der Waals surface area contributed by atoms with Gasteiger partial charge in [-0.1, -0.05) is 35.3 Å². The topological polar surface area (TPSA) is 51.1 Å². The predicted molar refractivity (Wildman–Crippen MR) is 136 cm³/mol. The first-order chi connectivity index (χ1) is 16.0. The number of thioether (sulfide) groups is 1. The maximum atomic E-state index is 6.14. The number of pyridine rings is 3. The monoisotopic (exact) mass is 496 g/mol. The number of allylic oxidation sites excluding steroid dienone is 3. The molecule has 0 N–H and O–H groups in total. The molecule has 5 rings (SSSR count). The fourth-order valence-corrected chi connectivity index (χ4v) is 5.65. The molecule has 2 aliphatic heterocycles. The second-order valence-electron chi connectivity index (χ2n) is 7.94. The molecule has 5 nitrogen and oxygen atoms in total. The minimum atomic E-state index is 0.228. The molecule has 0 bridgehead atoms. The van der Waals surface area contributed by atoms with Crippen molar-refractivity contribution in [3.63, 3.8) is 0 Å². The lowest BCUT2D eigenvalue weighted by molar-refractivity contribution is 0.411. The van der Waals surface area contributed by atoms with Crippen molar-refractivity contribution in [2.24, 2.45) is 0 Å². The Bertz CT molecular complexity index is 1260. The average Bonchev–Trinajstić information content (AvgIpc) is 2.84. The van der Waals surface area contributed by atoms with Crippen LogP contribution in [0, 0.1) is 0 Å². The van der Waals surface area contributed by atoms with Crippen LogP contribution in [0.3, 0.4) is 0 Å². The van der Waals surface area contributed by atoms with Gasteiger partial charge in [0.25, 0.3) is 0 Å². The van der Waals surface area contributed by atoms with Crippen LogP contribution in [0.15, 0.2) is 60.6 Å². The molecule has 0 saturated carbocycles. The van der Waals surface area contributed by atoms with E-state index in [2.05, 4.69) is 46.1 Å². The summed E-state index contributed by atoms with van der Waals surface area (Å²) in [5.74, 6) is 3.77. The second-order valence-corrected chi connectivity index (χ2v) is 9.79. The molecular weight excluding hydrogens is 475 g/mol. The van der Waals surface area contributed by atoms with Gasteiger partial charge in [0.2, 0.25) is 0 Å². The van der Waals surface area contributed by atoms with Crippen LogP contribution in [-0.4, -0.2) is 34.4 Å². The zero-order valence-electron chi connectivity index (χ0n) is 18.3. The summed E-state index contributed by atoms with van der Waals surface area (Å²) in [6.45, 7) is 2.81. The Kier molecular flexibility index (Phi) is 6.32. The van der Waals surface area contributed by atoms with Crippen molar-refractivity contribution < 1.29 is 4.74 Å². The Hall–Kier alpha value is -2.54. The average molecular weight is 497 g/mol. The first kappa shape index (κ1) is 22.3. The Morgan fingerprint density at radius 3 is 2.76 bits per heavy atom. The summed E-state index contributed by atoms with van der Waals surface area (Å²) in [4.78, 5) is 15.9. The third-order valence-electron chi connectivity index (χ3n) is 5.93. The Morgan fingerprint density at radius 1 is 1.12 bits per heavy atom. The summed E-state index contributed by atoms with van der Waals surface area (Å²) < 4.78 is 5.48. The number of ether oxygens (including phenoxy) is 1. The van der Waals surface area contributed by atoms with Gasteiger partial charge in [-0.2, -0.15) is 11.8 Å². The van der Waals surface area contributed by atoms with Crippen molar-refractivity contribution in [3.05, 3.63) is 93.3 Å². The van der Waals surface area contributed by atoms with E-state index < -0.39 is 0 Å². The number of hydrogen-bond acceptors (Lipinski definition) is 6. The van der Waals surface area contributed by atoms with Gasteiger partial charge in [-0.15, -0.1) is 0 Å². The maximum absolute atomic E-state index is 6.14. The van der Waals surface area contributed by atoms with Gasteiger partial charge in [-0.3, -0.25) is 4.98 Å². The Labute approximate surface area is 207 Å². The molecule has 33 heavy (non-hydrogen) atoms. The summed E-state index contributed by atoms with van der Waals surface area (Å²) in [5, 5.41) is 1.10. The molecule has 3 aromatic rings. The largest absolute Gasteiger partial charge is 0.494 e. The first-order valence-corrected chi connectivity index (χ1v) is 12.5. The highest BCUT2D eigenvalue weighted by Gasteiger charge is 2.26. The molecule has 1 atom stereocenters. The third-order valence-corrected chi connectivity index (χ3v) is 7.40. The predicted octanol–water partition coefficient (Wildman–Crippen LogP) is 6.37. The molecule has 0 aliphatic carbocycles. The van der Waals surface area contributed by atoms with Crippen LogP contribution in [0.2, 0.25) is 10.2 Å². The molecule has 2 aliphatic rings. The van der Waals surface area contributed by atoms with Gasteiger partial charge in [0.15, 0.2) is 0 Å². The van der Waals surface area contributed by atoms with Crippen LogP contribution < -0.4 is 9.64 Å². The molecule has 0 amide bonds. The van der Waals surface area contributed by atoms with Gasteiger partial charge in [0.1, 0.15) is 16.7 Å². The third kappa shape index (κ3) is 4.47. The number of nitrogens with zero attached hydrogens (tertiary/aromatic N) is 4. The molecule has 0 fully saturated rings. The van der Waals surface area contributed by atoms with Crippen molar-refractivity contribution in [3.8, 4) is 5.75 Å². The minimum absolute atomic E-state index is 0.228.